The van der Waals surface area contributed by atoms with E-state index in [0.717, 1.165) is 53.7 Å². The molecule has 0 aliphatic carbocycles. The Bertz CT molecular complexity index is 727. The fourth-order valence-electron chi connectivity index (χ4n) is 3.92. The average molecular weight is 376 g/mol. The molecule has 3 heterocycles. The van der Waals surface area contributed by atoms with E-state index in [1.54, 1.807) is 0 Å². The molecular weight excluding hydrogens is 354 g/mol. The second-order valence-electron chi connectivity index (χ2n) is 6.90. The van der Waals surface area contributed by atoms with Crippen LogP contribution in [-0.2, 0) is 4.74 Å². The van der Waals surface area contributed by atoms with Gasteiger partial charge >= 0.3 is 0 Å². The first-order valence-electron chi connectivity index (χ1n) is 8.26. The normalized spacial score (nSPS) is 27.0. The predicted molar refractivity (Wildman–Crippen MR) is 96.7 cm³/mol. The zero-order chi connectivity index (χ0) is 16.0. The Morgan fingerprint density at radius 2 is 2.04 bits per heavy atom. The molecule has 1 aromatic heterocycles. The Balaban J connectivity index is 1.53. The standard InChI is InChI=1S/C18H22BrN3O/c1-12-17(20)18(11-23-12)6-8-22(9-7-18)16-5-2-13-10-14(19)3-4-15(13)21-16/h2-5,10,12,17H,6-9,11,20H2,1H3/t12-,17+/m0/s1. The summed E-state index contributed by atoms with van der Waals surface area (Å²) in [4.78, 5) is 7.21. The Labute approximate surface area is 145 Å². The summed E-state index contributed by atoms with van der Waals surface area (Å²) in [5.74, 6) is 1.07. The molecule has 5 heteroatoms. The van der Waals surface area contributed by atoms with Crippen molar-refractivity contribution in [2.75, 3.05) is 24.6 Å². The zero-order valence-electron chi connectivity index (χ0n) is 13.3. The van der Waals surface area contributed by atoms with Gasteiger partial charge in [-0.2, -0.15) is 0 Å². The Hall–Kier alpha value is -1.17. The number of rotatable bonds is 1. The maximum absolute atomic E-state index is 6.40. The van der Waals surface area contributed by atoms with Crippen molar-refractivity contribution in [2.45, 2.75) is 31.9 Å². The number of halogens is 1. The van der Waals surface area contributed by atoms with Crippen molar-refractivity contribution in [2.24, 2.45) is 11.1 Å². The van der Waals surface area contributed by atoms with Crippen molar-refractivity contribution < 1.29 is 4.74 Å². The van der Waals surface area contributed by atoms with Gasteiger partial charge in [-0.25, -0.2) is 4.98 Å². The van der Waals surface area contributed by atoms with Gasteiger partial charge in [-0.05, 0) is 50.1 Å². The third-order valence-corrected chi connectivity index (χ3v) is 6.06. The van der Waals surface area contributed by atoms with E-state index in [0.29, 0.717) is 0 Å². The third kappa shape index (κ3) is 2.65. The molecule has 4 rings (SSSR count). The molecule has 2 aromatic rings. The molecule has 0 saturated carbocycles. The van der Waals surface area contributed by atoms with E-state index >= 15 is 0 Å². The van der Waals surface area contributed by atoms with Crippen molar-refractivity contribution in [1.29, 1.82) is 0 Å². The van der Waals surface area contributed by atoms with Crippen LogP contribution < -0.4 is 10.6 Å². The lowest BCUT2D eigenvalue weighted by Crippen LogP contribution is -2.50. The van der Waals surface area contributed by atoms with Crippen molar-refractivity contribution in [3.05, 3.63) is 34.8 Å². The van der Waals surface area contributed by atoms with Crippen LogP contribution in [0.5, 0.6) is 0 Å². The van der Waals surface area contributed by atoms with Crippen LogP contribution in [0.4, 0.5) is 5.82 Å². The minimum atomic E-state index is 0.159. The highest BCUT2D eigenvalue weighted by atomic mass is 79.9. The molecule has 2 saturated heterocycles. The van der Waals surface area contributed by atoms with Gasteiger partial charge in [-0.15, -0.1) is 0 Å². The van der Waals surface area contributed by atoms with E-state index in [-0.39, 0.29) is 17.6 Å². The number of aromatic nitrogens is 1. The highest BCUT2D eigenvalue weighted by Crippen LogP contribution is 2.41. The number of pyridine rings is 1. The number of nitrogens with two attached hydrogens (primary N) is 1. The van der Waals surface area contributed by atoms with Crippen LogP contribution in [0.1, 0.15) is 19.8 Å². The maximum Gasteiger partial charge on any atom is 0.129 e. The highest BCUT2D eigenvalue weighted by Gasteiger charge is 2.47. The number of benzene rings is 1. The molecule has 0 amide bonds. The molecule has 2 aliphatic rings. The predicted octanol–water partition coefficient (Wildman–Crippen LogP) is 3.33. The summed E-state index contributed by atoms with van der Waals surface area (Å²) in [7, 11) is 0. The van der Waals surface area contributed by atoms with Crippen molar-refractivity contribution in [1.82, 2.24) is 4.98 Å². The first-order chi connectivity index (χ1) is 11.1. The van der Waals surface area contributed by atoms with Gasteiger partial charge in [0.05, 0.1) is 18.2 Å². The SMILES string of the molecule is C[C@@H]1OCC2(CCN(c3ccc4cc(Br)ccc4n3)CC2)[C@@H]1N. The minimum absolute atomic E-state index is 0.159. The lowest BCUT2D eigenvalue weighted by Gasteiger charge is -2.41. The van der Waals surface area contributed by atoms with E-state index in [1.807, 2.05) is 6.07 Å². The quantitative estimate of drug-likeness (QED) is 0.830. The molecule has 1 spiro atoms. The summed E-state index contributed by atoms with van der Waals surface area (Å²) in [6, 6.07) is 10.6. The van der Waals surface area contributed by atoms with Gasteiger partial charge in [0.1, 0.15) is 5.82 Å². The molecule has 0 bridgehead atoms. The molecule has 0 unspecified atom stereocenters. The van der Waals surface area contributed by atoms with Gasteiger partial charge in [-0.3, -0.25) is 0 Å². The topological polar surface area (TPSA) is 51.4 Å². The van der Waals surface area contributed by atoms with E-state index in [2.05, 4.69) is 52.0 Å². The van der Waals surface area contributed by atoms with E-state index < -0.39 is 0 Å². The Morgan fingerprint density at radius 3 is 2.74 bits per heavy atom. The fourth-order valence-corrected chi connectivity index (χ4v) is 4.29. The first-order valence-corrected chi connectivity index (χ1v) is 9.05. The summed E-state index contributed by atoms with van der Waals surface area (Å²) in [6.45, 7) is 4.90. The van der Waals surface area contributed by atoms with Crippen molar-refractivity contribution >= 4 is 32.7 Å². The van der Waals surface area contributed by atoms with Gasteiger partial charge in [0.2, 0.25) is 0 Å². The Kier molecular flexibility index (Phi) is 3.82. The summed E-state index contributed by atoms with van der Waals surface area (Å²) >= 11 is 3.51. The van der Waals surface area contributed by atoms with Crippen LogP contribution >= 0.6 is 15.9 Å². The number of anilines is 1. The van der Waals surface area contributed by atoms with E-state index in [4.69, 9.17) is 15.5 Å². The first kappa shape index (κ1) is 15.4. The lowest BCUT2D eigenvalue weighted by atomic mass is 9.73. The number of fused-ring (bicyclic) bond motifs is 1. The molecule has 122 valence electrons. The van der Waals surface area contributed by atoms with Crippen molar-refractivity contribution in [3.8, 4) is 0 Å². The average Bonchev–Trinajstić information content (AvgIpc) is 2.84. The van der Waals surface area contributed by atoms with E-state index in [1.165, 1.54) is 0 Å². The summed E-state index contributed by atoms with van der Waals surface area (Å²) in [6.07, 6.45) is 2.34. The third-order valence-electron chi connectivity index (χ3n) is 5.57. The Morgan fingerprint density at radius 1 is 1.26 bits per heavy atom. The number of piperidine rings is 1. The summed E-state index contributed by atoms with van der Waals surface area (Å²) in [5, 5.41) is 1.16. The number of hydrogen-bond acceptors (Lipinski definition) is 4. The zero-order valence-corrected chi connectivity index (χ0v) is 14.9. The van der Waals surface area contributed by atoms with Crippen LogP contribution in [0.2, 0.25) is 0 Å². The highest BCUT2D eigenvalue weighted by molar-refractivity contribution is 9.10. The van der Waals surface area contributed by atoms with Crippen LogP contribution in [0.3, 0.4) is 0 Å². The van der Waals surface area contributed by atoms with Crippen LogP contribution in [0.15, 0.2) is 34.8 Å². The molecule has 1 aromatic carbocycles. The second-order valence-corrected chi connectivity index (χ2v) is 7.81. The van der Waals surface area contributed by atoms with Gasteiger partial charge in [0, 0.05) is 34.4 Å². The van der Waals surface area contributed by atoms with Gasteiger partial charge < -0.3 is 15.4 Å². The molecule has 2 fully saturated rings. The smallest absolute Gasteiger partial charge is 0.129 e. The largest absolute Gasteiger partial charge is 0.376 e. The number of nitrogens with zero attached hydrogens (tertiary/aromatic N) is 2. The number of ether oxygens (including phenoxy) is 1. The fraction of sp³-hybridized carbons (Fsp3) is 0.500. The van der Waals surface area contributed by atoms with Gasteiger partial charge in [-0.1, -0.05) is 15.9 Å². The molecule has 2 N–H and O–H groups in total. The molecule has 23 heavy (non-hydrogen) atoms. The summed E-state index contributed by atoms with van der Waals surface area (Å²) < 4.78 is 6.89. The van der Waals surface area contributed by atoms with E-state index in [9.17, 15) is 0 Å². The lowest BCUT2D eigenvalue weighted by molar-refractivity contribution is 0.0974. The number of hydrogen-bond donors (Lipinski definition) is 1. The van der Waals surface area contributed by atoms with Crippen molar-refractivity contribution in [3.63, 3.8) is 0 Å². The van der Waals surface area contributed by atoms with Crippen LogP contribution in [0.25, 0.3) is 10.9 Å². The maximum atomic E-state index is 6.40. The minimum Gasteiger partial charge on any atom is -0.376 e. The molecule has 4 nitrogen and oxygen atoms in total. The van der Waals surface area contributed by atoms with Gasteiger partial charge in [0.25, 0.3) is 0 Å². The monoisotopic (exact) mass is 375 g/mol. The molecule has 2 atom stereocenters. The van der Waals surface area contributed by atoms with Crippen LogP contribution in [0, 0.1) is 5.41 Å². The van der Waals surface area contributed by atoms with Gasteiger partial charge in [0.15, 0.2) is 0 Å². The molecule has 0 radical (unpaired) electrons. The second kappa shape index (κ2) is 5.72. The summed E-state index contributed by atoms with van der Waals surface area (Å²) in [5.41, 5.74) is 7.60. The molecular formula is C18H22BrN3O. The van der Waals surface area contributed by atoms with Crippen LogP contribution in [-0.4, -0.2) is 36.8 Å². The molecule has 2 aliphatic heterocycles.